The highest BCUT2D eigenvalue weighted by atomic mass is 16.5. The molecule has 3 rings (SSSR count). The maximum atomic E-state index is 12.9. The number of rotatable bonds is 7. The van der Waals surface area contributed by atoms with Gasteiger partial charge in [-0.2, -0.15) is 0 Å². The molecule has 0 bridgehead atoms. The van der Waals surface area contributed by atoms with E-state index in [0.29, 0.717) is 43.8 Å². The van der Waals surface area contributed by atoms with Gasteiger partial charge < -0.3 is 25.6 Å². The summed E-state index contributed by atoms with van der Waals surface area (Å²) in [4.78, 5) is 38.9. The number of aryl methyl sites for hydroxylation is 1. The van der Waals surface area contributed by atoms with E-state index in [0.717, 1.165) is 11.1 Å². The lowest BCUT2D eigenvalue weighted by molar-refractivity contribution is -0.128. The molecule has 2 aromatic rings. The second kappa shape index (κ2) is 11.4. The van der Waals surface area contributed by atoms with Crippen molar-refractivity contribution in [1.82, 2.24) is 15.5 Å². The first kappa shape index (κ1) is 24.1. The van der Waals surface area contributed by atoms with Crippen LogP contribution >= 0.6 is 0 Å². The Morgan fingerprint density at radius 1 is 1.09 bits per heavy atom. The fraction of sp³-hybridized carbons (Fsp3) is 0.400. The number of carbonyl (C=O) groups is 3. The molecule has 1 atom stereocenters. The normalized spacial score (nSPS) is 14.8. The van der Waals surface area contributed by atoms with E-state index in [2.05, 4.69) is 16.0 Å². The molecule has 176 valence electrons. The Balaban J connectivity index is 1.52. The number of hydrogen-bond donors (Lipinski definition) is 3. The Kier molecular flexibility index (Phi) is 8.29. The van der Waals surface area contributed by atoms with Crippen LogP contribution in [0.1, 0.15) is 30.9 Å². The van der Waals surface area contributed by atoms with E-state index in [4.69, 9.17) is 4.74 Å². The first-order chi connectivity index (χ1) is 15.8. The lowest BCUT2D eigenvalue weighted by atomic mass is 10.0. The van der Waals surface area contributed by atoms with Gasteiger partial charge in [0.2, 0.25) is 11.8 Å². The molecule has 0 spiro atoms. The fourth-order valence-corrected chi connectivity index (χ4v) is 3.96. The predicted molar refractivity (Wildman–Crippen MR) is 127 cm³/mol. The molecule has 8 nitrogen and oxygen atoms in total. The number of ether oxygens (including phenoxy) is 1. The van der Waals surface area contributed by atoms with E-state index in [9.17, 15) is 14.4 Å². The van der Waals surface area contributed by atoms with Gasteiger partial charge >= 0.3 is 6.03 Å². The molecule has 0 saturated carbocycles. The average molecular weight is 453 g/mol. The van der Waals surface area contributed by atoms with Crippen LogP contribution in [0.25, 0.3) is 0 Å². The molecule has 1 heterocycles. The van der Waals surface area contributed by atoms with Gasteiger partial charge in [0.15, 0.2) is 0 Å². The molecule has 33 heavy (non-hydrogen) atoms. The number of nitrogens with one attached hydrogen (secondary N) is 3. The molecule has 4 amide bonds. The van der Waals surface area contributed by atoms with Crippen molar-refractivity contribution in [3.63, 3.8) is 0 Å². The van der Waals surface area contributed by atoms with Crippen molar-refractivity contribution < 1.29 is 19.1 Å². The quantitative estimate of drug-likeness (QED) is 0.601. The van der Waals surface area contributed by atoms with Crippen LogP contribution in [-0.2, 0) is 16.0 Å². The first-order valence-electron chi connectivity index (χ1n) is 11.2. The third-order valence-electron chi connectivity index (χ3n) is 5.67. The Morgan fingerprint density at radius 2 is 1.82 bits per heavy atom. The summed E-state index contributed by atoms with van der Waals surface area (Å²) in [6.45, 7) is 4.47. The number of benzene rings is 2. The van der Waals surface area contributed by atoms with Crippen LogP contribution in [0.5, 0.6) is 5.75 Å². The van der Waals surface area contributed by atoms with Gasteiger partial charge in [-0.05, 0) is 37.5 Å². The minimum atomic E-state index is -0.640. The number of amides is 4. The molecule has 3 N–H and O–H groups in total. The standard InChI is InChI=1S/C25H32N4O4/c1-17-6-4-7-19(14-17)15-23(26-18(2)30)24(31)27-20-10-12-29(13-11-20)25(32)28-21-8-5-9-22(16-21)33-3/h4-9,14,16,20,23H,10-13,15H2,1-3H3,(H,26,30)(H,27,31)(H,28,32)/t23-/m0/s1. The van der Waals surface area contributed by atoms with E-state index in [1.165, 1.54) is 6.92 Å². The monoisotopic (exact) mass is 452 g/mol. The maximum absolute atomic E-state index is 12.9. The summed E-state index contributed by atoms with van der Waals surface area (Å²) in [5, 5.41) is 8.71. The molecular formula is C25H32N4O4. The third kappa shape index (κ3) is 7.24. The molecule has 1 aliphatic heterocycles. The molecule has 1 fully saturated rings. The second-order valence-corrected chi connectivity index (χ2v) is 8.38. The fourth-order valence-electron chi connectivity index (χ4n) is 3.96. The zero-order valence-corrected chi connectivity index (χ0v) is 19.4. The number of hydrogen-bond acceptors (Lipinski definition) is 4. The van der Waals surface area contributed by atoms with Gasteiger partial charge in [-0.3, -0.25) is 9.59 Å². The summed E-state index contributed by atoms with van der Waals surface area (Å²) in [5.74, 6) is 0.228. The Bertz CT molecular complexity index is 986. The van der Waals surface area contributed by atoms with Crippen LogP contribution in [0.4, 0.5) is 10.5 Å². The minimum Gasteiger partial charge on any atom is -0.497 e. The average Bonchev–Trinajstić information content (AvgIpc) is 2.79. The molecule has 1 saturated heterocycles. The van der Waals surface area contributed by atoms with Crippen LogP contribution < -0.4 is 20.7 Å². The van der Waals surface area contributed by atoms with E-state index >= 15 is 0 Å². The van der Waals surface area contributed by atoms with Crippen molar-refractivity contribution in [2.45, 2.75) is 45.2 Å². The second-order valence-electron chi connectivity index (χ2n) is 8.38. The van der Waals surface area contributed by atoms with Crippen LogP contribution in [0, 0.1) is 6.92 Å². The van der Waals surface area contributed by atoms with Crippen LogP contribution in [0.3, 0.4) is 0 Å². The van der Waals surface area contributed by atoms with Crippen molar-refractivity contribution in [1.29, 1.82) is 0 Å². The molecule has 1 aliphatic rings. The molecule has 8 heteroatoms. The topological polar surface area (TPSA) is 99.8 Å². The van der Waals surface area contributed by atoms with Gasteiger partial charge in [0.05, 0.1) is 7.11 Å². The van der Waals surface area contributed by atoms with Crippen LogP contribution in [-0.4, -0.2) is 55.0 Å². The van der Waals surface area contributed by atoms with Gasteiger partial charge in [0, 0.05) is 44.2 Å². The number of anilines is 1. The van der Waals surface area contributed by atoms with E-state index in [1.54, 1.807) is 18.1 Å². The predicted octanol–water partition coefficient (Wildman–Crippen LogP) is 2.86. The van der Waals surface area contributed by atoms with Gasteiger partial charge in [-0.25, -0.2) is 4.79 Å². The molecule has 0 aliphatic carbocycles. The lowest BCUT2D eigenvalue weighted by Crippen LogP contribution is -2.53. The Morgan fingerprint density at radius 3 is 2.48 bits per heavy atom. The van der Waals surface area contributed by atoms with Crippen molar-refractivity contribution in [2.24, 2.45) is 0 Å². The number of likely N-dealkylation sites (tertiary alicyclic amines) is 1. The van der Waals surface area contributed by atoms with Gasteiger partial charge in [-0.1, -0.05) is 35.9 Å². The minimum absolute atomic E-state index is 0.0489. The largest absolute Gasteiger partial charge is 0.497 e. The summed E-state index contributed by atoms with van der Waals surface area (Å²) in [5.41, 5.74) is 2.77. The molecular weight excluding hydrogens is 420 g/mol. The summed E-state index contributed by atoms with van der Waals surface area (Å²) in [6.07, 6.45) is 1.72. The number of piperidine rings is 1. The summed E-state index contributed by atoms with van der Waals surface area (Å²) < 4.78 is 5.19. The smallest absolute Gasteiger partial charge is 0.321 e. The maximum Gasteiger partial charge on any atom is 0.321 e. The zero-order chi connectivity index (χ0) is 23.8. The first-order valence-corrected chi connectivity index (χ1v) is 11.2. The SMILES string of the molecule is COc1cccc(NC(=O)N2CCC(NC(=O)[C@H](Cc3cccc(C)c3)NC(C)=O)CC2)c1. The highest BCUT2D eigenvalue weighted by Gasteiger charge is 2.27. The third-order valence-corrected chi connectivity index (χ3v) is 5.67. The van der Waals surface area contributed by atoms with Crippen molar-refractivity contribution in [2.75, 3.05) is 25.5 Å². The Labute approximate surface area is 194 Å². The summed E-state index contributed by atoms with van der Waals surface area (Å²) in [7, 11) is 1.58. The van der Waals surface area contributed by atoms with E-state index < -0.39 is 6.04 Å². The van der Waals surface area contributed by atoms with Crippen molar-refractivity contribution >= 4 is 23.5 Å². The van der Waals surface area contributed by atoms with Gasteiger partial charge in [0.25, 0.3) is 0 Å². The van der Waals surface area contributed by atoms with Crippen molar-refractivity contribution in [3.8, 4) is 5.75 Å². The Hall–Kier alpha value is -3.55. The highest BCUT2D eigenvalue weighted by Crippen LogP contribution is 2.18. The zero-order valence-electron chi connectivity index (χ0n) is 19.4. The summed E-state index contributed by atoms with van der Waals surface area (Å²) >= 11 is 0. The molecule has 0 radical (unpaired) electrons. The number of methoxy groups -OCH3 is 1. The van der Waals surface area contributed by atoms with E-state index in [1.807, 2.05) is 49.4 Å². The molecule has 2 aromatic carbocycles. The molecule has 0 unspecified atom stereocenters. The number of nitrogens with zero attached hydrogens (tertiary/aromatic N) is 1. The molecule has 0 aromatic heterocycles. The number of carbonyl (C=O) groups excluding carboxylic acids is 3. The lowest BCUT2D eigenvalue weighted by Gasteiger charge is -2.33. The van der Waals surface area contributed by atoms with E-state index in [-0.39, 0.29) is 23.9 Å². The van der Waals surface area contributed by atoms with Crippen molar-refractivity contribution in [3.05, 3.63) is 59.7 Å². The van der Waals surface area contributed by atoms with Crippen LogP contribution in [0.15, 0.2) is 48.5 Å². The van der Waals surface area contributed by atoms with Gasteiger partial charge in [0.1, 0.15) is 11.8 Å². The number of urea groups is 1. The van der Waals surface area contributed by atoms with Gasteiger partial charge in [-0.15, -0.1) is 0 Å². The van der Waals surface area contributed by atoms with Crippen LogP contribution in [0.2, 0.25) is 0 Å². The summed E-state index contributed by atoms with van der Waals surface area (Å²) in [6, 6.07) is 14.3. The highest BCUT2D eigenvalue weighted by molar-refractivity contribution is 5.90.